The van der Waals surface area contributed by atoms with Crippen molar-refractivity contribution in [2.45, 2.75) is 6.92 Å². The van der Waals surface area contributed by atoms with Crippen molar-refractivity contribution in [3.8, 4) is 11.5 Å². The maximum atomic E-state index is 12.3. The summed E-state index contributed by atoms with van der Waals surface area (Å²) in [6, 6.07) is 22.6. The van der Waals surface area contributed by atoms with Gasteiger partial charge in [-0.1, -0.05) is 35.9 Å². The van der Waals surface area contributed by atoms with E-state index in [0.717, 1.165) is 11.1 Å². The number of anilines is 1. The molecule has 0 atom stereocenters. The predicted molar refractivity (Wildman–Crippen MR) is 98.6 cm³/mol. The summed E-state index contributed by atoms with van der Waals surface area (Å²) in [6.45, 7) is 2.04. The minimum atomic E-state index is -0.154. The van der Waals surface area contributed by atoms with Crippen molar-refractivity contribution in [1.82, 2.24) is 4.98 Å². The number of carbonyl (C=O) groups excluding carboxylic acids is 1. The van der Waals surface area contributed by atoms with Gasteiger partial charge in [-0.3, -0.25) is 4.79 Å². The molecular formula is C21H16N2O2. The minimum absolute atomic E-state index is 0.154. The van der Waals surface area contributed by atoms with Gasteiger partial charge in [0, 0.05) is 22.9 Å². The van der Waals surface area contributed by atoms with Crippen LogP contribution < -0.4 is 5.32 Å². The van der Waals surface area contributed by atoms with Gasteiger partial charge in [0.15, 0.2) is 5.58 Å². The van der Waals surface area contributed by atoms with Gasteiger partial charge in [0.05, 0.1) is 0 Å². The third kappa shape index (κ3) is 3.15. The van der Waals surface area contributed by atoms with Gasteiger partial charge in [-0.05, 0) is 43.3 Å². The number of fused-ring (bicyclic) bond motifs is 1. The first kappa shape index (κ1) is 15.1. The number of nitrogens with zero attached hydrogens (tertiary/aromatic N) is 1. The molecule has 0 radical (unpaired) electrons. The number of nitrogens with one attached hydrogen (secondary N) is 1. The largest absolute Gasteiger partial charge is 0.436 e. The summed E-state index contributed by atoms with van der Waals surface area (Å²) in [4.78, 5) is 16.8. The van der Waals surface area contributed by atoms with E-state index in [1.807, 2.05) is 61.5 Å². The molecule has 0 spiro atoms. The molecule has 1 amide bonds. The summed E-state index contributed by atoms with van der Waals surface area (Å²) in [5.41, 5.74) is 4.80. The quantitative estimate of drug-likeness (QED) is 0.572. The number of hydrogen-bond acceptors (Lipinski definition) is 3. The maximum Gasteiger partial charge on any atom is 0.255 e. The Morgan fingerprint density at radius 1 is 0.960 bits per heavy atom. The first-order chi connectivity index (χ1) is 12.2. The van der Waals surface area contributed by atoms with Crippen molar-refractivity contribution in [3.63, 3.8) is 0 Å². The first-order valence-electron chi connectivity index (χ1n) is 8.03. The van der Waals surface area contributed by atoms with Gasteiger partial charge in [0.2, 0.25) is 5.89 Å². The van der Waals surface area contributed by atoms with Crippen molar-refractivity contribution in [2.24, 2.45) is 0 Å². The van der Waals surface area contributed by atoms with E-state index in [1.54, 1.807) is 18.2 Å². The van der Waals surface area contributed by atoms with Crippen LogP contribution in [0.25, 0.3) is 22.6 Å². The van der Waals surface area contributed by atoms with Gasteiger partial charge >= 0.3 is 0 Å². The molecule has 1 N–H and O–H groups in total. The molecule has 1 aromatic heterocycles. The zero-order chi connectivity index (χ0) is 17.2. The number of rotatable bonds is 3. The van der Waals surface area contributed by atoms with E-state index in [-0.39, 0.29) is 5.91 Å². The number of aromatic nitrogens is 1. The average molecular weight is 328 g/mol. The van der Waals surface area contributed by atoms with Crippen LogP contribution in [0.3, 0.4) is 0 Å². The first-order valence-corrected chi connectivity index (χ1v) is 8.03. The molecular weight excluding hydrogens is 312 g/mol. The zero-order valence-corrected chi connectivity index (χ0v) is 13.7. The molecule has 0 saturated carbocycles. The Bertz CT molecular complexity index is 1030. The van der Waals surface area contributed by atoms with Crippen LogP contribution in [0.5, 0.6) is 0 Å². The Morgan fingerprint density at radius 2 is 1.72 bits per heavy atom. The molecule has 0 bridgehead atoms. The number of hydrogen-bond donors (Lipinski definition) is 1. The van der Waals surface area contributed by atoms with E-state index in [1.165, 1.54) is 5.56 Å². The molecule has 25 heavy (non-hydrogen) atoms. The number of aryl methyl sites for hydroxylation is 1. The van der Waals surface area contributed by atoms with E-state index >= 15 is 0 Å². The van der Waals surface area contributed by atoms with Crippen molar-refractivity contribution in [3.05, 3.63) is 83.9 Å². The van der Waals surface area contributed by atoms with Crippen molar-refractivity contribution >= 4 is 22.7 Å². The van der Waals surface area contributed by atoms with Crippen LogP contribution in [0.15, 0.2) is 77.2 Å². The second-order valence-corrected chi connectivity index (χ2v) is 5.89. The summed E-state index contributed by atoms with van der Waals surface area (Å²) >= 11 is 0. The molecule has 4 rings (SSSR count). The summed E-state index contributed by atoms with van der Waals surface area (Å²) < 4.78 is 5.86. The Morgan fingerprint density at radius 3 is 2.48 bits per heavy atom. The second kappa shape index (κ2) is 6.24. The highest BCUT2D eigenvalue weighted by Gasteiger charge is 2.10. The highest BCUT2D eigenvalue weighted by atomic mass is 16.3. The standard InChI is InChI=1S/C21H16N2O2/c1-14-7-9-16(10-8-14)21-23-18-12-11-17(13-19(18)25-21)22-20(24)15-5-3-2-4-6-15/h2-13H,1H3,(H,22,24). The SMILES string of the molecule is Cc1ccc(-c2nc3ccc(NC(=O)c4ccccc4)cc3o2)cc1. The highest BCUT2D eigenvalue weighted by molar-refractivity contribution is 6.04. The monoisotopic (exact) mass is 328 g/mol. The lowest BCUT2D eigenvalue weighted by molar-refractivity contribution is 0.102. The van der Waals surface area contributed by atoms with E-state index in [9.17, 15) is 4.79 Å². The number of carbonyl (C=O) groups is 1. The molecule has 3 aromatic carbocycles. The van der Waals surface area contributed by atoms with Crippen LogP contribution in [-0.2, 0) is 0 Å². The molecule has 1 heterocycles. The van der Waals surface area contributed by atoms with Gasteiger partial charge in [-0.2, -0.15) is 0 Å². The fourth-order valence-corrected chi connectivity index (χ4v) is 2.61. The molecule has 0 aliphatic carbocycles. The molecule has 0 fully saturated rings. The van der Waals surface area contributed by atoms with E-state index < -0.39 is 0 Å². The normalized spacial score (nSPS) is 10.8. The Labute approximate surface area is 145 Å². The minimum Gasteiger partial charge on any atom is -0.436 e. The van der Waals surface area contributed by atoms with E-state index in [0.29, 0.717) is 22.7 Å². The highest BCUT2D eigenvalue weighted by Crippen LogP contribution is 2.26. The zero-order valence-electron chi connectivity index (χ0n) is 13.7. The van der Waals surface area contributed by atoms with Crippen molar-refractivity contribution in [1.29, 1.82) is 0 Å². The molecule has 4 nitrogen and oxygen atoms in total. The Balaban J connectivity index is 1.62. The van der Waals surface area contributed by atoms with Gasteiger partial charge in [0.25, 0.3) is 5.91 Å². The molecule has 0 aliphatic rings. The fourth-order valence-electron chi connectivity index (χ4n) is 2.61. The van der Waals surface area contributed by atoms with Gasteiger partial charge in [0.1, 0.15) is 5.52 Å². The number of amides is 1. The Kier molecular flexibility index (Phi) is 3.78. The fraction of sp³-hybridized carbons (Fsp3) is 0.0476. The van der Waals surface area contributed by atoms with Gasteiger partial charge in [-0.15, -0.1) is 0 Å². The number of benzene rings is 3. The van der Waals surface area contributed by atoms with Crippen LogP contribution >= 0.6 is 0 Å². The smallest absolute Gasteiger partial charge is 0.255 e. The molecule has 122 valence electrons. The van der Waals surface area contributed by atoms with Crippen LogP contribution in [0, 0.1) is 6.92 Å². The molecule has 0 saturated heterocycles. The maximum absolute atomic E-state index is 12.3. The molecule has 0 unspecified atom stereocenters. The van der Waals surface area contributed by atoms with E-state index in [4.69, 9.17) is 4.42 Å². The van der Waals surface area contributed by atoms with E-state index in [2.05, 4.69) is 10.3 Å². The van der Waals surface area contributed by atoms with Crippen LogP contribution in [0.1, 0.15) is 15.9 Å². The van der Waals surface area contributed by atoms with Gasteiger partial charge < -0.3 is 9.73 Å². The van der Waals surface area contributed by atoms with Crippen LogP contribution in [0.2, 0.25) is 0 Å². The lowest BCUT2D eigenvalue weighted by Crippen LogP contribution is -2.11. The lowest BCUT2D eigenvalue weighted by Gasteiger charge is -2.04. The summed E-state index contributed by atoms with van der Waals surface area (Å²) in [6.07, 6.45) is 0. The summed E-state index contributed by atoms with van der Waals surface area (Å²) in [7, 11) is 0. The summed E-state index contributed by atoms with van der Waals surface area (Å²) in [5, 5.41) is 2.88. The third-order valence-corrected chi connectivity index (χ3v) is 3.98. The molecule has 4 aromatic rings. The third-order valence-electron chi connectivity index (χ3n) is 3.98. The van der Waals surface area contributed by atoms with Crippen LogP contribution in [0.4, 0.5) is 5.69 Å². The second-order valence-electron chi connectivity index (χ2n) is 5.89. The average Bonchev–Trinajstić information content (AvgIpc) is 3.06. The summed E-state index contributed by atoms with van der Waals surface area (Å²) in [5.74, 6) is 0.416. The molecule has 0 aliphatic heterocycles. The molecule has 4 heteroatoms. The Hall–Kier alpha value is -3.40. The van der Waals surface area contributed by atoms with Crippen molar-refractivity contribution < 1.29 is 9.21 Å². The van der Waals surface area contributed by atoms with Crippen LogP contribution in [-0.4, -0.2) is 10.9 Å². The number of oxazole rings is 1. The lowest BCUT2D eigenvalue weighted by atomic mass is 10.1. The van der Waals surface area contributed by atoms with Crippen molar-refractivity contribution in [2.75, 3.05) is 5.32 Å². The predicted octanol–water partition coefficient (Wildman–Crippen LogP) is 5.06. The topological polar surface area (TPSA) is 55.1 Å². The van der Waals surface area contributed by atoms with Gasteiger partial charge in [-0.25, -0.2) is 4.98 Å².